The van der Waals surface area contributed by atoms with Crippen LogP contribution in [-0.4, -0.2) is 22.0 Å². The van der Waals surface area contributed by atoms with E-state index in [0.717, 1.165) is 5.69 Å². The molecule has 0 aliphatic carbocycles. The SMILES string of the molecule is NCCCC(=O)Nc1ccc(-n2cc[nH]c2=O)cc1. The minimum absolute atomic E-state index is 0.0583. The average Bonchev–Trinajstić information content (AvgIpc) is 2.83. The summed E-state index contributed by atoms with van der Waals surface area (Å²) in [6.45, 7) is 0.503. The van der Waals surface area contributed by atoms with E-state index in [2.05, 4.69) is 10.3 Å². The highest BCUT2D eigenvalue weighted by atomic mass is 16.2. The summed E-state index contributed by atoms with van der Waals surface area (Å²) in [5.74, 6) is -0.0583. The summed E-state index contributed by atoms with van der Waals surface area (Å²) in [7, 11) is 0. The van der Waals surface area contributed by atoms with Crippen LogP contribution >= 0.6 is 0 Å². The monoisotopic (exact) mass is 260 g/mol. The van der Waals surface area contributed by atoms with Gasteiger partial charge in [0.05, 0.1) is 5.69 Å². The van der Waals surface area contributed by atoms with E-state index in [1.54, 1.807) is 36.7 Å². The Labute approximate surface area is 110 Å². The van der Waals surface area contributed by atoms with Crippen LogP contribution in [0.5, 0.6) is 0 Å². The number of imidazole rings is 1. The Balaban J connectivity index is 2.05. The van der Waals surface area contributed by atoms with E-state index in [-0.39, 0.29) is 11.6 Å². The van der Waals surface area contributed by atoms with Gasteiger partial charge in [-0.2, -0.15) is 0 Å². The summed E-state index contributed by atoms with van der Waals surface area (Å²) < 4.78 is 1.49. The number of rotatable bonds is 5. The third kappa shape index (κ3) is 3.32. The maximum atomic E-state index is 11.5. The summed E-state index contributed by atoms with van der Waals surface area (Å²) >= 11 is 0. The number of amides is 1. The molecule has 0 saturated carbocycles. The molecule has 0 fully saturated rings. The van der Waals surface area contributed by atoms with E-state index in [1.165, 1.54) is 4.57 Å². The molecule has 1 amide bonds. The average molecular weight is 260 g/mol. The van der Waals surface area contributed by atoms with Gasteiger partial charge in [-0.25, -0.2) is 4.79 Å². The molecule has 0 atom stereocenters. The molecule has 100 valence electrons. The normalized spacial score (nSPS) is 10.4. The summed E-state index contributed by atoms with van der Waals surface area (Å²) in [4.78, 5) is 25.5. The van der Waals surface area contributed by atoms with E-state index in [9.17, 15) is 9.59 Å². The van der Waals surface area contributed by atoms with Crippen LogP contribution in [0.4, 0.5) is 5.69 Å². The Morgan fingerprint density at radius 2 is 2.05 bits per heavy atom. The molecule has 0 unspecified atom stereocenters. The molecule has 4 N–H and O–H groups in total. The van der Waals surface area contributed by atoms with Crippen molar-refractivity contribution in [2.24, 2.45) is 5.73 Å². The van der Waals surface area contributed by atoms with Gasteiger partial charge in [0.25, 0.3) is 0 Å². The molecule has 1 aromatic carbocycles. The van der Waals surface area contributed by atoms with Gasteiger partial charge in [-0.15, -0.1) is 0 Å². The number of nitrogens with zero attached hydrogens (tertiary/aromatic N) is 1. The fourth-order valence-electron chi connectivity index (χ4n) is 1.72. The summed E-state index contributed by atoms with van der Waals surface area (Å²) in [6, 6.07) is 7.06. The fraction of sp³-hybridized carbons (Fsp3) is 0.231. The van der Waals surface area contributed by atoms with E-state index in [4.69, 9.17) is 5.73 Å². The minimum atomic E-state index is -0.195. The van der Waals surface area contributed by atoms with Gasteiger partial charge in [0.1, 0.15) is 0 Å². The first-order valence-electron chi connectivity index (χ1n) is 6.07. The molecule has 2 rings (SSSR count). The number of nitrogens with two attached hydrogens (primary N) is 1. The van der Waals surface area contributed by atoms with Gasteiger partial charge >= 0.3 is 5.69 Å². The van der Waals surface area contributed by atoms with E-state index in [1.807, 2.05) is 0 Å². The summed E-state index contributed by atoms with van der Waals surface area (Å²) in [5, 5.41) is 2.77. The van der Waals surface area contributed by atoms with Gasteiger partial charge in [0.15, 0.2) is 0 Å². The molecule has 6 heteroatoms. The number of aromatic amines is 1. The lowest BCUT2D eigenvalue weighted by Gasteiger charge is -2.06. The highest BCUT2D eigenvalue weighted by molar-refractivity contribution is 5.90. The van der Waals surface area contributed by atoms with Crippen LogP contribution in [0.15, 0.2) is 41.5 Å². The Morgan fingerprint density at radius 1 is 1.32 bits per heavy atom. The van der Waals surface area contributed by atoms with Gasteiger partial charge in [0, 0.05) is 24.5 Å². The largest absolute Gasteiger partial charge is 0.330 e. The molecule has 0 bridgehead atoms. The molecule has 1 heterocycles. The van der Waals surface area contributed by atoms with Crippen molar-refractivity contribution in [1.29, 1.82) is 0 Å². The zero-order valence-corrected chi connectivity index (χ0v) is 10.4. The number of aromatic nitrogens is 2. The number of hydrogen-bond donors (Lipinski definition) is 3. The quantitative estimate of drug-likeness (QED) is 0.743. The molecule has 0 radical (unpaired) electrons. The Hall–Kier alpha value is -2.34. The number of hydrogen-bond acceptors (Lipinski definition) is 3. The molecule has 0 aliphatic heterocycles. The van der Waals surface area contributed by atoms with Crippen LogP contribution in [0.1, 0.15) is 12.8 Å². The van der Waals surface area contributed by atoms with Crippen LogP contribution in [0, 0.1) is 0 Å². The smallest absolute Gasteiger partial charge is 0.330 e. The van der Waals surface area contributed by atoms with Crippen molar-refractivity contribution < 1.29 is 4.79 Å². The number of nitrogens with one attached hydrogen (secondary N) is 2. The standard InChI is InChI=1S/C13H16N4O2/c14-7-1-2-12(18)16-10-3-5-11(6-4-10)17-9-8-15-13(17)19/h3-6,8-9H,1-2,7,14H2,(H,15,19)(H,16,18). The first-order valence-corrected chi connectivity index (χ1v) is 6.07. The van der Waals surface area contributed by atoms with Gasteiger partial charge in [-0.05, 0) is 37.2 Å². The molecule has 6 nitrogen and oxygen atoms in total. The molecule has 1 aromatic heterocycles. The lowest BCUT2D eigenvalue weighted by Crippen LogP contribution is -2.15. The maximum absolute atomic E-state index is 11.5. The van der Waals surface area contributed by atoms with Crippen molar-refractivity contribution in [2.45, 2.75) is 12.8 Å². The predicted molar refractivity (Wildman–Crippen MR) is 73.3 cm³/mol. The molecule has 2 aromatic rings. The summed E-state index contributed by atoms with van der Waals surface area (Å²) in [6.07, 6.45) is 4.31. The second kappa shape index (κ2) is 6.01. The van der Waals surface area contributed by atoms with Crippen molar-refractivity contribution in [1.82, 2.24) is 9.55 Å². The first-order chi connectivity index (χ1) is 9.20. The van der Waals surface area contributed by atoms with Crippen molar-refractivity contribution in [3.05, 3.63) is 47.1 Å². The topological polar surface area (TPSA) is 92.9 Å². The van der Waals surface area contributed by atoms with Gasteiger partial charge in [0.2, 0.25) is 5.91 Å². The van der Waals surface area contributed by atoms with Crippen molar-refractivity contribution >= 4 is 11.6 Å². The molecule has 0 spiro atoms. The zero-order valence-electron chi connectivity index (χ0n) is 10.4. The van der Waals surface area contributed by atoms with Crippen molar-refractivity contribution in [2.75, 3.05) is 11.9 Å². The number of H-pyrrole nitrogens is 1. The highest BCUT2D eigenvalue weighted by Gasteiger charge is 2.03. The second-order valence-corrected chi connectivity index (χ2v) is 4.12. The summed E-state index contributed by atoms with van der Waals surface area (Å²) in [5.41, 5.74) is 6.59. The lowest BCUT2D eigenvalue weighted by molar-refractivity contribution is -0.116. The third-order valence-corrected chi connectivity index (χ3v) is 2.69. The van der Waals surface area contributed by atoms with E-state index in [0.29, 0.717) is 25.1 Å². The Morgan fingerprint density at radius 3 is 2.63 bits per heavy atom. The van der Waals surface area contributed by atoms with Crippen molar-refractivity contribution in [3.63, 3.8) is 0 Å². The van der Waals surface area contributed by atoms with Crippen LogP contribution in [0.2, 0.25) is 0 Å². The highest BCUT2D eigenvalue weighted by Crippen LogP contribution is 2.12. The van der Waals surface area contributed by atoms with E-state index < -0.39 is 0 Å². The number of anilines is 1. The molecule has 0 saturated heterocycles. The van der Waals surface area contributed by atoms with Gasteiger partial charge in [-0.1, -0.05) is 0 Å². The molecule has 0 aliphatic rings. The number of benzene rings is 1. The molecule has 19 heavy (non-hydrogen) atoms. The number of carbonyl (C=O) groups is 1. The van der Waals surface area contributed by atoms with Crippen LogP contribution in [-0.2, 0) is 4.79 Å². The lowest BCUT2D eigenvalue weighted by atomic mass is 10.2. The van der Waals surface area contributed by atoms with Gasteiger partial charge in [-0.3, -0.25) is 9.36 Å². The minimum Gasteiger partial charge on any atom is -0.330 e. The molecular formula is C13H16N4O2. The Bertz CT molecular complexity index is 598. The zero-order chi connectivity index (χ0) is 13.7. The van der Waals surface area contributed by atoms with Crippen LogP contribution in [0.3, 0.4) is 0 Å². The van der Waals surface area contributed by atoms with Crippen LogP contribution in [0.25, 0.3) is 5.69 Å². The first kappa shape index (κ1) is 13.1. The van der Waals surface area contributed by atoms with E-state index >= 15 is 0 Å². The second-order valence-electron chi connectivity index (χ2n) is 4.12. The predicted octanol–water partition coefficient (Wildman–Crippen LogP) is 0.843. The molecular weight excluding hydrogens is 244 g/mol. The Kier molecular flexibility index (Phi) is 4.15. The van der Waals surface area contributed by atoms with Crippen molar-refractivity contribution in [3.8, 4) is 5.69 Å². The van der Waals surface area contributed by atoms with Crippen LogP contribution < -0.4 is 16.7 Å². The maximum Gasteiger partial charge on any atom is 0.330 e. The van der Waals surface area contributed by atoms with Gasteiger partial charge < -0.3 is 16.0 Å². The fourth-order valence-corrected chi connectivity index (χ4v) is 1.72. The number of carbonyl (C=O) groups excluding carboxylic acids is 1. The third-order valence-electron chi connectivity index (χ3n) is 2.69.